The Kier molecular flexibility index (Phi) is 4.53. The largest absolute Gasteiger partial charge is 0.392 e. The summed E-state index contributed by atoms with van der Waals surface area (Å²) in [4.78, 5) is 5.55. The lowest BCUT2D eigenvalue weighted by molar-refractivity contribution is 0.200. The summed E-state index contributed by atoms with van der Waals surface area (Å²) in [5.41, 5.74) is 2.14. The molecule has 0 saturated heterocycles. The molecule has 1 atom stereocenters. The molecule has 0 fully saturated rings. The third-order valence-electron chi connectivity index (χ3n) is 3.38. The Labute approximate surface area is 128 Å². The zero-order valence-electron chi connectivity index (χ0n) is 11.6. The monoisotopic (exact) mass is 295 g/mol. The lowest BCUT2D eigenvalue weighted by Crippen LogP contribution is -2.13. The van der Waals surface area contributed by atoms with Crippen molar-refractivity contribution in [2.24, 2.45) is 0 Å². The number of rotatable bonds is 5. The number of fused-ring (bicyclic) bond motifs is 1. The minimum atomic E-state index is -0.360. The molecule has 0 aliphatic rings. The molecule has 2 nitrogen and oxygen atoms in total. The van der Waals surface area contributed by atoms with Gasteiger partial charge in [0.2, 0.25) is 0 Å². The molecule has 3 heteroatoms. The molecule has 1 heterocycles. The Morgan fingerprint density at radius 2 is 1.71 bits per heavy atom. The van der Waals surface area contributed by atoms with Crippen LogP contribution in [0.5, 0.6) is 0 Å². The Hall–Kier alpha value is -1.84. The summed E-state index contributed by atoms with van der Waals surface area (Å²) in [6.45, 7) is 0. The Morgan fingerprint density at radius 1 is 0.952 bits per heavy atom. The van der Waals surface area contributed by atoms with E-state index >= 15 is 0 Å². The van der Waals surface area contributed by atoms with E-state index in [0.29, 0.717) is 12.2 Å². The highest BCUT2D eigenvalue weighted by Crippen LogP contribution is 2.21. The fourth-order valence-corrected chi connectivity index (χ4v) is 3.21. The van der Waals surface area contributed by atoms with Gasteiger partial charge in [-0.15, -0.1) is 11.8 Å². The molecule has 0 aliphatic heterocycles. The average molecular weight is 295 g/mol. The van der Waals surface area contributed by atoms with Gasteiger partial charge in [0.15, 0.2) is 0 Å². The molecule has 0 spiro atoms. The molecular formula is C18H17NOS. The summed E-state index contributed by atoms with van der Waals surface area (Å²) in [5.74, 6) is 0.695. The Bertz CT molecular complexity index is 709. The molecule has 1 unspecified atom stereocenters. The number of aromatic nitrogens is 1. The van der Waals surface area contributed by atoms with E-state index in [1.807, 2.05) is 48.7 Å². The smallest absolute Gasteiger partial charge is 0.0704 e. The molecule has 0 radical (unpaired) electrons. The topological polar surface area (TPSA) is 33.1 Å². The Morgan fingerprint density at radius 3 is 2.57 bits per heavy atom. The quantitative estimate of drug-likeness (QED) is 0.724. The molecule has 21 heavy (non-hydrogen) atoms. The van der Waals surface area contributed by atoms with E-state index in [0.717, 1.165) is 16.5 Å². The number of nitrogens with zero attached hydrogens (tertiary/aromatic N) is 1. The highest BCUT2D eigenvalue weighted by Gasteiger charge is 2.09. The molecule has 0 amide bonds. The molecular weight excluding hydrogens is 278 g/mol. The van der Waals surface area contributed by atoms with Crippen LogP contribution in [-0.4, -0.2) is 21.9 Å². The maximum Gasteiger partial charge on any atom is 0.0704 e. The van der Waals surface area contributed by atoms with Crippen LogP contribution in [0.25, 0.3) is 10.9 Å². The van der Waals surface area contributed by atoms with Gasteiger partial charge < -0.3 is 5.11 Å². The molecule has 3 aromatic rings. The number of aliphatic hydroxyl groups excluding tert-OH is 1. The predicted octanol–water partition coefficient (Wildman–Crippen LogP) is 3.93. The zero-order valence-corrected chi connectivity index (χ0v) is 12.5. The van der Waals surface area contributed by atoms with E-state index < -0.39 is 0 Å². The minimum Gasteiger partial charge on any atom is -0.392 e. The number of pyridine rings is 1. The predicted molar refractivity (Wildman–Crippen MR) is 88.6 cm³/mol. The van der Waals surface area contributed by atoms with E-state index in [2.05, 4.69) is 23.2 Å². The van der Waals surface area contributed by atoms with Crippen LogP contribution in [0.2, 0.25) is 0 Å². The second-order valence-electron chi connectivity index (χ2n) is 4.97. The normalized spacial score (nSPS) is 12.4. The molecule has 0 bridgehead atoms. The number of hydrogen-bond acceptors (Lipinski definition) is 3. The van der Waals surface area contributed by atoms with Crippen molar-refractivity contribution in [1.82, 2.24) is 4.98 Å². The van der Waals surface area contributed by atoms with Crippen molar-refractivity contribution < 1.29 is 5.11 Å². The van der Waals surface area contributed by atoms with Crippen molar-refractivity contribution >= 4 is 22.7 Å². The number of benzene rings is 2. The van der Waals surface area contributed by atoms with Crippen LogP contribution in [0.3, 0.4) is 0 Å². The van der Waals surface area contributed by atoms with Gasteiger partial charge in [-0.05, 0) is 36.2 Å². The second-order valence-corrected chi connectivity index (χ2v) is 6.06. The van der Waals surface area contributed by atoms with Crippen molar-refractivity contribution in [3.05, 3.63) is 72.4 Å². The van der Waals surface area contributed by atoms with Gasteiger partial charge in [-0.25, -0.2) is 0 Å². The summed E-state index contributed by atoms with van der Waals surface area (Å²) in [7, 11) is 0. The number of hydrogen-bond donors (Lipinski definition) is 1. The van der Waals surface area contributed by atoms with E-state index in [9.17, 15) is 5.11 Å². The number of thioether (sulfide) groups is 1. The van der Waals surface area contributed by atoms with Crippen LogP contribution in [0.1, 0.15) is 5.56 Å². The van der Waals surface area contributed by atoms with Gasteiger partial charge in [0, 0.05) is 22.2 Å². The second kappa shape index (κ2) is 6.74. The highest BCUT2D eigenvalue weighted by molar-refractivity contribution is 7.99. The lowest BCUT2D eigenvalue weighted by Gasteiger charge is -2.12. The van der Waals surface area contributed by atoms with Crippen LogP contribution in [0.4, 0.5) is 0 Å². The maximum atomic E-state index is 10.3. The first kappa shape index (κ1) is 14.1. The molecule has 2 aromatic carbocycles. The summed E-state index contributed by atoms with van der Waals surface area (Å²) in [6, 6.07) is 20.2. The van der Waals surface area contributed by atoms with Crippen molar-refractivity contribution in [2.75, 3.05) is 5.75 Å². The van der Waals surface area contributed by atoms with Crippen molar-refractivity contribution in [3.63, 3.8) is 0 Å². The summed E-state index contributed by atoms with van der Waals surface area (Å²) >= 11 is 1.69. The first-order valence-electron chi connectivity index (χ1n) is 7.01. The fourth-order valence-electron chi connectivity index (χ4n) is 2.35. The molecule has 1 aromatic heterocycles. The van der Waals surface area contributed by atoms with Crippen LogP contribution in [0.15, 0.2) is 71.8 Å². The van der Waals surface area contributed by atoms with Gasteiger partial charge in [0.05, 0.1) is 11.6 Å². The van der Waals surface area contributed by atoms with Crippen molar-refractivity contribution in [1.29, 1.82) is 0 Å². The lowest BCUT2D eigenvalue weighted by atomic mass is 10.0. The first-order valence-corrected chi connectivity index (χ1v) is 8.00. The van der Waals surface area contributed by atoms with Gasteiger partial charge in [0.25, 0.3) is 0 Å². The van der Waals surface area contributed by atoms with Crippen LogP contribution in [0, 0.1) is 0 Å². The number of aliphatic hydroxyl groups is 1. The van der Waals surface area contributed by atoms with E-state index in [1.165, 1.54) is 4.90 Å². The maximum absolute atomic E-state index is 10.3. The summed E-state index contributed by atoms with van der Waals surface area (Å²) in [5, 5.41) is 11.4. The third kappa shape index (κ3) is 3.63. The van der Waals surface area contributed by atoms with Gasteiger partial charge in [-0.2, -0.15) is 0 Å². The highest BCUT2D eigenvalue weighted by atomic mass is 32.2. The molecule has 0 aliphatic carbocycles. The number of para-hydroxylation sites is 1. The SMILES string of the molecule is OC(CSc1ccccc1)Cc1ccnc2ccccc12. The summed E-state index contributed by atoms with van der Waals surface area (Å²) in [6.07, 6.45) is 2.11. The van der Waals surface area contributed by atoms with Gasteiger partial charge in [0.1, 0.15) is 0 Å². The first-order chi connectivity index (χ1) is 10.3. The molecule has 3 rings (SSSR count). The fraction of sp³-hybridized carbons (Fsp3) is 0.167. The van der Waals surface area contributed by atoms with E-state index in [-0.39, 0.29) is 6.10 Å². The van der Waals surface area contributed by atoms with Crippen LogP contribution in [-0.2, 0) is 6.42 Å². The van der Waals surface area contributed by atoms with E-state index in [4.69, 9.17) is 0 Å². The zero-order chi connectivity index (χ0) is 14.5. The Balaban J connectivity index is 1.67. The minimum absolute atomic E-state index is 0.360. The van der Waals surface area contributed by atoms with Crippen LogP contribution < -0.4 is 0 Å². The standard InChI is InChI=1S/C18H17NOS/c20-15(13-21-16-6-2-1-3-7-16)12-14-10-11-19-18-9-5-4-8-17(14)18/h1-11,15,20H,12-13H2. The summed E-state index contributed by atoms with van der Waals surface area (Å²) < 4.78 is 0. The van der Waals surface area contributed by atoms with E-state index in [1.54, 1.807) is 11.8 Å². The average Bonchev–Trinajstić information content (AvgIpc) is 2.54. The van der Waals surface area contributed by atoms with Gasteiger partial charge in [-0.3, -0.25) is 4.98 Å². The van der Waals surface area contributed by atoms with Crippen molar-refractivity contribution in [3.8, 4) is 0 Å². The molecule has 0 saturated carbocycles. The van der Waals surface area contributed by atoms with Gasteiger partial charge >= 0.3 is 0 Å². The van der Waals surface area contributed by atoms with Gasteiger partial charge in [-0.1, -0.05) is 36.4 Å². The molecule has 1 N–H and O–H groups in total. The third-order valence-corrected chi connectivity index (χ3v) is 4.54. The van der Waals surface area contributed by atoms with Crippen molar-refractivity contribution in [2.45, 2.75) is 17.4 Å². The van der Waals surface area contributed by atoms with Crippen LogP contribution >= 0.6 is 11.8 Å². The molecule has 106 valence electrons.